The zero-order chi connectivity index (χ0) is 17.8. The maximum Gasteiger partial charge on any atom is 0.247 e. The van der Waals surface area contributed by atoms with E-state index in [0.717, 1.165) is 29.1 Å². The molecule has 0 aliphatic rings. The summed E-state index contributed by atoms with van der Waals surface area (Å²) in [5, 5.41) is 20.2. The smallest absolute Gasteiger partial charge is 0.247 e. The van der Waals surface area contributed by atoms with Gasteiger partial charge in [0, 0.05) is 17.7 Å². The van der Waals surface area contributed by atoms with Gasteiger partial charge in [0.25, 0.3) is 0 Å². The van der Waals surface area contributed by atoms with Crippen molar-refractivity contribution in [3.8, 4) is 17.1 Å². The number of anilines is 1. The number of nitrogens with one attached hydrogen (secondary N) is 1. The van der Waals surface area contributed by atoms with Crippen LogP contribution in [0.1, 0.15) is 18.5 Å². The highest BCUT2D eigenvalue weighted by Gasteiger charge is 2.07. The first-order valence-electron chi connectivity index (χ1n) is 8.45. The molecule has 0 atom stereocenters. The van der Waals surface area contributed by atoms with Gasteiger partial charge in [-0.15, -0.1) is 10.2 Å². The lowest BCUT2D eigenvalue weighted by Crippen LogP contribution is -2.02. The van der Waals surface area contributed by atoms with Crippen LogP contribution in [0.3, 0.4) is 0 Å². The van der Waals surface area contributed by atoms with Crippen molar-refractivity contribution >= 4 is 5.69 Å². The summed E-state index contributed by atoms with van der Waals surface area (Å²) < 4.78 is 5.57. The molecule has 1 N–H and O–H groups in total. The van der Waals surface area contributed by atoms with Gasteiger partial charge in [-0.2, -0.15) is 15.0 Å². The van der Waals surface area contributed by atoms with E-state index in [1.165, 1.54) is 0 Å². The molecule has 0 saturated heterocycles. The Morgan fingerprint density at radius 3 is 2.54 bits per heavy atom. The van der Waals surface area contributed by atoms with Crippen LogP contribution < -0.4 is 5.32 Å². The summed E-state index contributed by atoms with van der Waals surface area (Å²) in [6, 6.07) is 17.7. The second-order valence-corrected chi connectivity index (χ2v) is 5.75. The van der Waals surface area contributed by atoms with E-state index in [9.17, 15) is 0 Å². The van der Waals surface area contributed by atoms with Crippen LogP contribution in [0.5, 0.6) is 0 Å². The number of rotatable bonds is 6. The Labute approximate surface area is 150 Å². The van der Waals surface area contributed by atoms with Crippen LogP contribution >= 0.6 is 0 Å². The highest BCUT2D eigenvalue weighted by molar-refractivity contribution is 5.58. The normalized spacial score (nSPS) is 10.8. The molecule has 130 valence electrons. The third kappa shape index (κ3) is 3.46. The van der Waals surface area contributed by atoms with Gasteiger partial charge in [0.15, 0.2) is 0 Å². The summed E-state index contributed by atoms with van der Waals surface area (Å²) in [6.45, 7) is 2.57. The third-order valence-corrected chi connectivity index (χ3v) is 3.90. The second kappa shape index (κ2) is 7.18. The van der Waals surface area contributed by atoms with Gasteiger partial charge in [0.05, 0.1) is 18.4 Å². The molecule has 4 rings (SSSR count). The van der Waals surface area contributed by atoms with Gasteiger partial charge < -0.3 is 9.73 Å². The van der Waals surface area contributed by atoms with Crippen LogP contribution in [0, 0.1) is 0 Å². The summed E-state index contributed by atoms with van der Waals surface area (Å²) >= 11 is 0. The first kappa shape index (κ1) is 16.0. The van der Waals surface area contributed by atoms with Gasteiger partial charge in [-0.05, 0) is 36.4 Å². The van der Waals surface area contributed by atoms with Crippen LogP contribution in [0.2, 0.25) is 0 Å². The molecular formula is C19H18N6O. The van der Waals surface area contributed by atoms with Crippen LogP contribution in [0.25, 0.3) is 17.1 Å². The number of nitrogens with zero attached hydrogens (tertiary/aromatic N) is 5. The predicted octanol–water partition coefficient (Wildman–Crippen LogP) is 3.49. The molecule has 0 aliphatic carbocycles. The lowest BCUT2D eigenvalue weighted by Gasteiger charge is -2.04. The number of aryl methyl sites for hydroxylation is 1. The first-order chi connectivity index (χ1) is 12.8. The van der Waals surface area contributed by atoms with Gasteiger partial charge in [0.1, 0.15) is 5.69 Å². The molecular weight excluding hydrogens is 328 g/mol. The zero-order valence-electron chi connectivity index (χ0n) is 14.3. The van der Waals surface area contributed by atoms with Crippen molar-refractivity contribution in [3.63, 3.8) is 0 Å². The van der Waals surface area contributed by atoms with Crippen molar-refractivity contribution in [1.82, 2.24) is 25.2 Å². The number of benzene rings is 2. The minimum atomic E-state index is 0.541. The lowest BCUT2D eigenvalue weighted by atomic mass is 10.2. The van der Waals surface area contributed by atoms with E-state index < -0.39 is 0 Å². The first-order valence-corrected chi connectivity index (χ1v) is 8.45. The van der Waals surface area contributed by atoms with Crippen LogP contribution in [0.4, 0.5) is 5.69 Å². The Morgan fingerprint density at radius 2 is 1.81 bits per heavy atom. The van der Waals surface area contributed by atoms with Gasteiger partial charge in [-0.25, -0.2) is 0 Å². The largest absolute Gasteiger partial charge is 0.421 e. The molecule has 0 bridgehead atoms. The van der Waals surface area contributed by atoms with Crippen LogP contribution in [-0.2, 0) is 13.0 Å². The molecule has 0 spiro atoms. The Bertz CT molecular complexity index is 975. The molecule has 0 unspecified atom stereocenters. The fourth-order valence-corrected chi connectivity index (χ4v) is 2.50. The topological polar surface area (TPSA) is 81.7 Å². The Balaban J connectivity index is 1.40. The minimum Gasteiger partial charge on any atom is -0.421 e. The van der Waals surface area contributed by atoms with E-state index in [1.54, 1.807) is 11.0 Å². The molecule has 4 aromatic rings. The van der Waals surface area contributed by atoms with E-state index in [4.69, 9.17) is 4.42 Å². The number of hydrogen-bond acceptors (Lipinski definition) is 6. The quantitative estimate of drug-likeness (QED) is 0.575. The molecule has 0 saturated carbocycles. The SMILES string of the molecule is CCc1nnc(-c2ccc(NCc3cnn(-c4ccccc4)n3)cc2)o1. The van der Waals surface area contributed by atoms with E-state index in [2.05, 4.69) is 25.7 Å². The van der Waals surface area contributed by atoms with E-state index in [0.29, 0.717) is 18.3 Å². The third-order valence-electron chi connectivity index (χ3n) is 3.90. The van der Waals surface area contributed by atoms with Crippen molar-refractivity contribution in [2.45, 2.75) is 19.9 Å². The average Bonchev–Trinajstić information content (AvgIpc) is 3.37. The number of aromatic nitrogens is 5. The Morgan fingerprint density at radius 1 is 1.00 bits per heavy atom. The monoisotopic (exact) mass is 346 g/mol. The Hall–Kier alpha value is -3.48. The summed E-state index contributed by atoms with van der Waals surface area (Å²) in [6.07, 6.45) is 2.50. The summed E-state index contributed by atoms with van der Waals surface area (Å²) in [5.41, 5.74) is 3.69. The van der Waals surface area contributed by atoms with Gasteiger partial charge in [-0.1, -0.05) is 25.1 Å². The molecule has 7 nitrogen and oxygen atoms in total. The number of hydrogen-bond donors (Lipinski definition) is 1. The van der Waals surface area contributed by atoms with Crippen LogP contribution in [-0.4, -0.2) is 25.2 Å². The fourth-order valence-electron chi connectivity index (χ4n) is 2.50. The fraction of sp³-hybridized carbons (Fsp3) is 0.158. The van der Waals surface area contributed by atoms with Crippen molar-refractivity contribution in [3.05, 3.63) is 72.4 Å². The molecule has 0 amide bonds. The number of para-hydroxylation sites is 1. The molecule has 0 aliphatic heterocycles. The average molecular weight is 346 g/mol. The highest BCUT2D eigenvalue weighted by Crippen LogP contribution is 2.20. The van der Waals surface area contributed by atoms with Gasteiger partial charge >= 0.3 is 0 Å². The Kier molecular flexibility index (Phi) is 4.42. The van der Waals surface area contributed by atoms with Gasteiger partial charge in [0.2, 0.25) is 11.8 Å². The molecule has 0 fully saturated rings. The van der Waals surface area contributed by atoms with E-state index in [1.807, 2.05) is 61.5 Å². The van der Waals surface area contributed by atoms with Crippen molar-refractivity contribution in [2.24, 2.45) is 0 Å². The predicted molar refractivity (Wildman–Crippen MR) is 97.8 cm³/mol. The highest BCUT2D eigenvalue weighted by atomic mass is 16.4. The molecule has 26 heavy (non-hydrogen) atoms. The maximum absolute atomic E-state index is 5.57. The minimum absolute atomic E-state index is 0.541. The lowest BCUT2D eigenvalue weighted by molar-refractivity contribution is 0.513. The molecule has 7 heteroatoms. The summed E-state index contributed by atoms with van der Waals surface area (Å²) in [5.74, 6) is 1.18. The second-order valence-electron chi connectivity index (χ2n) is 5.75. The van der Waals surface area contributed by atoms with Crippen LogP contribution in [0.15, 0.2) is 65.2 Å². The van der Waals surface area contributed by atoms with Gasteiger partial charge in [-0.3, -0.25) is 0 Å². The standard InChI is InChI=1S/C19H18N6O/c1-2-18-22-23-19(26-18)14-8-10-15(11-9-14)20-12-16-13-21-25(24-16)17-6-4-3-5-7-17/h3-11,13,20H,2,12H2,1H3. The maximum atomic E-state index is 5.57. The van der Waals surface area contributed by atoms with Crippen molar-refractivity contribution < 1.29 is 4.42 Å². The molecule has 2 aromatic heterocycles. The molecule has 2 heterocycles. The van der Waals surface area contributed by atoms with E-state index >= 15 is 0 Å². The molecule has 0 radical (unpaired) electrons. The summed E-state index contributed by atoms with van der Waals surface area (Å²) in [7, 11) is 0. The molecule has 2 aromatic carbocycles. The van der Waals surface area contributed by atoms with E-state index in [-0.39, 0.29) is 0 Å². The summed E-state index contributed by atoms with van der Waals surface area (Å²) in [4.78, 5) is 1.63. The zero-order valence-corrected chi connectivity index (χ0v) is 14.3. The van der Waals surface area contributed by atoms with Crippen molar-refractivity contribution in [2.75, 3.05) is 5.32 Å². The van der Waals surface area contributed by atoms with Crippen molar-refractivity contribution in [1.29, 1.82) is 0 Å².